The van der Waals surface area contributed by atoms with E-state index in [0.29, 0.717) is 19.1 Å². The maximum absolute atomic E-state index is 11.9. The summed E-state index contributed by atoms with van der Waals surface area (Å²) in [6, 6.07) is 0.544. The van der Waals surface area contributed by atoms with E-state index < -0.39 is 10.0 Å². The molecule has 0 aliphatic heterocycles. The lowest BCUT2D eigenvalue weighted by Crippen LogP contribution is -2.37. The summed E-state index contributed by atoms with van der Waals surface area (Å²) in [5, 5.41) is 3.19. The Morgan fingerprint density at radius 1 is 1.50 bits per heavy atom. The Labute approximate surface area is 98.5 Å². The first-order chi connectivity index (χ1) is 7.60. The van der Waals surface area contributed by atoms with E-state index in [1.807, 2.05) is 6.92 Å². The number of hydrogen-bond acceptors (Lipinski definition) is 3. The van der Waals surface area contributed by atoms with Crippen molar-refractivity contribution in [2.24, 2.45) is 0 Å². The maximum Gasteiger partial charge on any atom is 0.216 e. The Balaban J connectivity index is 2.40. The van der Waals surface area contributed by atoms with Crippen LogP contribution in [-0.2, 0) is 10.0 Å². The largest absolute Gasteiger partial charge is 0.313 e. The molecule has 1 saturated carbocycles. The molecular formula is C11H20N2O2S. The molecule has 1 rings (SSSR count). The summed E-state index contributed by atoms with van der Waals surface area (Å²) in [6.07, 6.45) is 8.30. The van der Waals surface area contributed by atoms with Gasteiger partial charge < -0.3 is 5.32 Å². The zero-order valence-corrected chi connectivity index (χ0v) is 10.6. The summed E-state index contributed by atoms with van der Waals surface area (Å²) < 4.78 is 25.2. The first kappa shape index (κ1) is 13.5. The van der Waals surface area contributed by atoms with Crippen LogP contribution >= 0.6 is 0 Å². The molecule has 0 aromatic rings. The third-order valence-electron chi connectivity index (χ3n) is 2.50. The van der Waals surface area contributed by atoms with Gasteiger partial charge in [-0.1, -0.05) is 12.8 Å². The number of sulfonamides is 1. The zero-order chi connectivity index (χ0) is 12.0. The van der Waals surface area contributed by atoms with Crippen molar-refractivity contribution in [1.82, 2.24) is 9.62 Å². The maximum atomic E-state index is 11.9. The Morgan fingerprint density at radius 2 is 2.19 bits per heavy atom. The van der Waals surface area contributed by atoms with Gasteiger partial charge >= 0.3 is 0 Å². The van der Waals surface area contributed by atoms with Gasteiger partial charge in [-0.15, -0.1) is 6.42 Å². The van der Waals surface area contributed by atoms with Gasteiger partial charge in [-0.3, -0.25) is 0 Å². The molecular weight excluding hydrogens is 224 g/mol. The highest BCUT2D eigenvalue weighted by molar-refractivity contribution is 7.89. The lowest BCUT2D eigenvalue weighted by molar-refractivity contribution is 0.444. The molecule has 1 fully saturated rings. The predicted molar refractivity (Wildman–Crippen MR) is 65.5 cm³/mol. The molecule has 0 radical (unpaired) electrons. The van der Waals surface area contributed by atoms with Crippen molar-refractivity contribution in [2.75, 3.05) is 25.4 Å². The SMILES string of the molecule is C#CCN(CCC)S(=O)(=O)CCNC1CC1. The Bertz CT molecular complexity index is 341. The van der Waals surface area contributed by atoms with Gasteiger partial charge in [0.2, 0.25) is 10.0 Å². The van der Waals surface area contributed by atoms with E-state index >= 15 is 0 Å². The number of hydrogen-bond donors (Lipinski definition) is 1. The quantitative estimate of drug-likeness (QED) is 0.629. The fourth-order valence-electron chi connectivity index (χ4n) is 1.48. The minimum atomic E-state index is -3.19. The van der Waals surface area contributed by atoms with Gasteiger partial charge in [-0.05, 0) is 19.3 Å². The lowest BCUT2D eigenvalue weighted by Gasteiger charge is -2.19. The molecule has 0 unspecified atom stereocenters. The molecule has 0 heterocycles. The van der Waals surface area contributed by atoms with Crippen molar-refractivity contribution in [3.8, 4) is 12.3 Å². The average Bonchev–Trinajstić information content (AvgIpc) is 3.01. The van der Waals surface area contributed by atoms with Gasteiger partial charge in [0, 0.05) is 19.1 Å². The minimum Gasteiger partial charge on any atom is -0.313 e. The van der Waals surface area contributed by atoms with Crippen molar-refractivity contribution < 1.29 is 8.42 Å². The monoisotopic (exact) mass is 244 g/mol. The van der Waals surface area contributed by atoms with E-state index in [0.717, 1.165) is 6.42 Å². The Hall–Kier alpha value is -0.570. The summed E-state index contributed by atoms with van der Waals surface area (Å²) in [6.45, 7) is 3.16. The topological polar surface area (TPSA) is 49.4 Å². The summed E-state index contributed by atoms with van der Waals surface area (Å²) in [4.78, 5) is 0. The van der Waals surface area contributed by atoms with Crippen LogP contribution in [0.4, 0.5) is 0 Å². The summed E-state index contributed by atoms with van der Waals surface area (Å²) in [5.41, 5.74) is 0. The van der Waals surface area contributed by atoms with E-state index in [4.69, 9.17) is 6.42 Å². The molecule has 1 aliphatic rings. The molecule has 0 amide bonds. The molecule has 16 heavy (non-hydrogen) atoms. The second-order valence-corrected chi connectivity index (χ2v) is 6.17. The highest BCUT2D eigenvalue weighted by Crippen LogP contribution is 2.18. The third kappa shape index (κ3) is 4.52. The van der Waals surface area contributed by atoms with Crippen LogP contribution in [0.3, 0.4) is 0 Å². The Kier molecular flexibility index (Phi) is 5.26. The molecule has 4 nitrogen and oxygen atoms in total. The van der Waals surface area contributed by atoms with Gasteiger partial charge in [0.05, 0.1) is 12.3 Å². The molecule has 0 aromatic carbocycles. The molecule has 1 N–H and O–H groups in total. The average molecular weight is 244 g/mol. The second-order valence-electron chi connectivity index (χ2n) is 4.08. The summed E-state index contributed by atoms with van der Waals surface area (Å²) in [7, 11) is -3.19. The normalized spacial score (nSPS) is 16.3. The molecule has 0 spiro atoms. The summed E-state index contributed by atoms with van der Waals surface area (Å²) in [5.74, 6) is 2.54. The van der Waals surface area contributed by atoms with Gasteiger partial charge in [-0.25, -0.2) is 8.42 Å². The number of rotatable bonds is 8. The van der Waals surface area contributed by atoms with E-state index in [1.165, 1.54) is 17.1 Å². The molecule has 5 heteroatoms. The van der Waals surface area contributed by atoms with Gasteiger partial charge in [0.1, 0.15) is 0 Å². The van der Waals surface area contributed by atoms with Gasteiger partial charge in [-0.2, -0.15) is 4.31 Å². The standard InChI is InChI=1S/C11H20N2O2S/c1-3-8-13(9-4-2)16(14,15)10-7-12-11-5-6-11/h1,11-12H,4-10H2,2H3. The van der Waals surface area contributed by atoms with Crippen molar-refractivity contribution in [3.05, 3.63) is 0 Å². The second kappa shape index (κ2) is 6.24. The molecule has 0 saturated heterocycles. The highest BCUT2D eigenvalue weighted by atomic mass is 32.2. The van der Waals surface area contributed by atoms with Crippen molar-refractivity contribution in [2.45, 2.75) is 32.2 Å². The minimum absolute atomic E-state index is 0.144. The molecule has 1 aliphatic carbocycles. The van der Waals surface area contributed by atoms with E-state index in [-0.39, 0.29) is 12.3 Å². The lowest BCUT2D eigenvalue weighted by atomic mass is 10.5. The van der Waals surface area contributed by atoms with Gasteiger partial charge in [0.25, 0.3) is 0 Å². The fourth-order valence-corrected chi connectivity index (χ4v) is 2.84. The smallest absolute Gasteiger partial charge is 0.216 e. The van der Waals surface area contributed by atoms with Crippen LogP contribution in [0.5, 0.6) is 0 Å². The van der Waals surface area contributed by atoms with Crippen LogP contribution in [0.1, 0.15) is 26.2 Å². The molecule has 0 bridgehead atoms. The first-order valence-corrected chi connectivity index (χ1v) is 7.35. The number of terminal acetylenes is 1. The summed E-state index contributed by atoms with van der Waals surface area (Å²) >= 11 is 0. The van der Waals surface area contributed by atoms with E-state index in [9.17, 15) is 8.42 Å². The van der Waals surface area contributed by atoms with E-state index in [1.54, 1.807) is 0 Å². The van der Waals surface area contributed by atoms with Crippen molar-refractivity contribution >= 4 is 10.0 Å². The first-order valence-electron chi connectivity index (χ1n) is 5.75. The van der Waals surface area contributed by atoms with Crippen LogP contribution in [0.15, 0.2) is 0 Å². The number of nitrogens with zero attached hydrogens (tertiary/aromatic N) is 1. The Morgan fingerprint density at radius 3 is 2.69 bits per heavy atom. The van der Waals surface area contributed by atoms with Crippen LogP contribution in [0.2, 0.25) is 0 Å². The van der Waals surface area contributed by atoms with E-state index in [2.05, 4.69) is 11.2 Å². The molecule has 0 aromatic heterocycles. The van der Waals surface area contributed by atoms with Crippen LogP contribution in [0.25, 0.3) is 0 Å². The fraction of sp³-hybridized carbons (Fsp3) is 0.818. The van der Waals surface area contributed by atoms with Crippen molar-refractivity contribution in [3.63, 3.8) is 0 Å². The third-order valence-corrected chi connectivity index (χ3v) is 4.32. The van der Waals surface area contributed by atoms with Crippen LogP contribution in [0, 0.1) is 12.3 Å². The predicted octanol–water partition coefficient (Wildman–Crippen LogP) is 0.413. The number of nitrogens with one attached hydrogen (secondary N) is 1. The van der Waals surface area contributed by atoms with Crippen LogP contribution < -0.4 is 5.32 Å². The zero-order valence-electron chi connectivity index (χ0n) is 9.78. The molecule has 0 atom stereocenters. The van der Waals surface area contributed by atoms with Crippen LogP contribution in [-0.4, -0.2) is 44.2 Å². The molecule has 92 valence electrons. The highest BCUT2D eigenvalue weighted by Gasteiger charge is 2.23. The van der Waals surface area contributed by atoms with Crippen molar-refractivity contribution in [1.29, 1.82) is 0 Å². The van der Waals surface area contributed by atoms with Gasteiger partial charge in [0.15, 0.2) is 0 Å².